The zero-order chi connectivity index (χ0) is 25.3. The summed E-state index contributed by atoms with van der Waals surface area (Å²) in [7, 11) is -3.24. The van der Waals surface area contributed by atoms with Gasteiger partial charge in [0, 0.05) is 14.4 Å². The highest BCUT2D eigenvalue weighted by atomic mass is 32.2. The third-order valence-electron chi connectivity index (χ3n) is 7.11. The van der Waals surface area contributed by atoms with Gasteiger partial charge in [0.2, 0.25) is 16.8 Å². The molecular formula is C29H33NO5S. The number of ether oxygens (including phenoxy) is 2. The number of hydrogen-bond acceptors (Lipinski definition) is 5. The molecule has 0 unspecified atom stereocenters. The highest BCUT2D eigenvalue weighted by Crippen LogP contribution is 2.51. The van der Waals surface area contributed by atoms with Crippen LogP contribution in [-0.2, 0) is 33.2 Å². The quantitative estimate of drug-likeness (QED) is 0.402. The number of fused-ring (bicyclic) bond motifs is 1. The van der Waals surface area contributed by atoms with E-state index in [1.165, 1.54) is 0 Å². The number of carbonyl (C=O) groups excluding carboxylic acids is 1. The molecule has 3 aromatic carbocycles. The molecule has 0 spiro atoms. The summed E-state index contributed by atoms with van der Waals surface area (Å²) in [6.07, 6.45) is 2.67. The molecule has 6 nitrogen and oxygen atoms in total. The van der Waals surface area contributed by atoms with Crippen molar-refractivity contribution in [2.75, 3.05) is 12.5 Å². The summed E-state index contributed by atoms with van der Waals surface area (Å²) in [5.74, 6) is 1.80. The van der Waals surface area contributed by atoms with Gasteiger partial charge >= 0.3 is 0 Å². The Morgan fingerprint density at radius 3 is 2.42 bits per heavy atom. The lowest BCUT2D eigenvalue weighted by molar-refractivity contribution is -0.120. The third-order valence-corrected chi connectivity index (χ3v) is 8.64. The fraction of sp³-hybridized carbons (Fsp3) is 0.345. The minimum absolute atomic E-state index is 0. The van der Waals surface area contributed by atoms with Crippen LogP contribution in [0.2, 0.25) is 0 Å². The van der Waals surface area contributed by atoms with E-state index in [1.54, 1.807) is 0 Å². The number of Topliss-reactive ketones (excluding diaryl/α,β-unsaturated/α-hetero) is 1. The molecule has 1 aliphatic carbocycles. The Bertz CT molecular complexity index is 1400. The van der Waals surface area contributed by atoms with Crippen molar-refractivity contribution < 1.29 is 24.1 Å². The van der Waals surface area contributed by atoms with Gasteiger partial charge in [-0.1, -0.05) is 55.5 Å². The van der Waals surface area contributed by atoms with Gasteiger partial charge in [-0.05, 0) is 71.7 Å². The van der Waals surface area contributed by atoms with Gasteiger partial charge < -0.3 is 9.47 Å². The average Bonchev–Trinajstić information content (AvgIpc) is 3.55. The Kier molecular flexibility index (Phi) is 6.62. The van der Waals surface area contributed by atoms with Crippen LogP contribution in [0.3, 0.4) is 0 Å². The largest absolute Gasteiger partial charge is 0.454 e. The summed E-state index contributed by atoms with van der Waals surface area (Å²) < 4.78 is 37.4. The maximum Gasteiger partial charge on any atom is 0.231 e. The molecule has 3 aromatic rings. The SMILES string of the molecule is CCCS(=O)(=O)NCc1ccc(-c2cc(CC(=O)C3(c4ccc5c(c4)OCO5)CC3)ccc2C)cc1.[HH]. The van der Waals surface area contributed by atoms with E-state index < -0.39 is 15.4 Å². The van der Waals surface area contributed by atoms with Crippen LogP contribution in [0.25, 0.3) is 11.1 Å². The third kappa shape index (κ3) is 5.04. The second kappa shape index (κ2) is 9.71. The topological polar surface area (TPSA) is 81.7 Å². The van der Waals surface area contributed by atoms with Crippen molar-refractivity contribution in [2.45, 2.75) is 51.5 Å². The maximum atomic E-state index is 13.4. The molecule has 5 rings (SSSR count). The van der Waals surface area contributed by atoms with E-state index in [9.17, 15) is 13.2 Å². The van der Waals surface area contributed by atoms with E-state index in [-0.39, 0.29) is 26.3 Å². The number of aryl methyl sites for hydroxylation is 1. The number of nitrogens with one attached hydrogen (secondary N) is 1. The van der Waals surface area contributed by atoms with Crippen LogP contribution in [0.1, 0.15) is 49.9 Å². The van der Waals surface area contributed by atoms with Crippen molar-refractivity contribution in [1.29, 1.82) is 0 Å². The van der Waals surface area contributed by atoms with Gasteiger partial charge in [0.1, 0.15) is 5.78 Å². The van der Waals surface area contributed by atoms with Crippen molar-refractivity contribution in [3.05, 3.63) is 82.9 Å². The van der Waals surface area contributed by atoms with E-state index in [1.807, 2.05) is 55.5 Å². The van der Waals surface area contributed by atoms with Gasteiger partial charge in [-0.3, -0.25) is 4.79 Å². The molecule has 0 radical (unpaired) electrons. The van der Waals surface area contributed by atoms with Crippen LogP contribution in [0.4, 0.5) is 0 Å². The lowest BCUT2D eigenvalue weighted by atomic mass is 9.87. The Morgan fingerprint density at radius 1 is 0.972 bits per heavy atom. The molecular weight excluding hydrogens is 474 g/mol. The Hall–Kier alpha value is -3.16. The van der Waals surface area contributed by atoms with Crippen LogP contribution >= 0.6 is 0 Å². The molecule has 7 heteroatoms. The van der Waals surface area contributed by atoms with Crippen molar-refractivity contribution in [2.24, 2.45) is 0 Å². The van der Waals surface area contributed by atoms with Gasteiger partial charge in [-0.2, -0.15) is 0 Å². The Labute approximate surface area is 214 Å². The van der Waals surface area contributed by atoms with Crippen molar-refractivity contribution in [3.8, 4) is 22.6 Å². The van der Waals surface area contributed by atoms with Crippen molar-refractivity contribution >= 4 is 15.8 Å². The van der Waals surface area contributed by atoms with E-state index in [2.05, 4.69) is 23.8 Å². The highest BCUT2D eigenvalue weighted by Gasteiger charge is 2.50. The molecule has 0 amide bonds. The molecule has 0 aromatic heterocycles. The number of sulfonamides is 1. The normalized spacial score (nSPS) is 15.6. The smallest absolute Gasteiger partial charge is 0.231 e. The summed E-state index contributed by atoms with van der Waals surface area (Å²) in [4.78, 5) is 13.4. The molecule has 0 saturated heterocycles. The average molecular weight is 508 g/mol. The van der Waals surface area contributed by atoms with Gasteiger partial charge in [0.15, 0.2) is 11.5 Å². The first-order chi connectivity index (χ1) is 17.3. The molecule has 1 aliphatic heterocycles. The number of ketones is 1. The first-order valence-electron chi connectivity index (χ1n) is 12.4. The van der Waals surface area contributed by atoms with Crippen LogP contribution in [0.5, 0.6) is 11.5 Å². The predicted molar refractivity (Wildman–Crippen MR) is 142 cm³/mol. The zero-order valence-electron chi connectivity index (χ0n) is 20.7. The lowest BCUT2D eigenvalue weighted by Crippen LogP contribution is -2.25. The number of carbonyl (C=O) groups is 1. The Morgan fingerprint density at radius 2 is 1.69 bits per heavy atom. The maximum absolute atomic E-state index is 13.4. The van der Waals surface area contributed by atoms with Crippen LogP contribution in [-0.4, -0.2) is 26.7 Å². The fourth-order valence-electron chi connectivity index (χ4n) is 4.83. The molecule has 2 aliphatic rings. The molecule has 1 heterocycles. The van der Waals surface area contributed by atoms with E-state index in [0.717, 1.165) is 52.0 Å². The lowest BCUT2D eigenvalue weighted by Gasteiger charge is -2.16. The molecule has 190 valence electrons. The molecule has 0 bridgehead atoms. The second-order valence-corrected chi connectivity index (χ2v) is 11.7. The summed E-state index contributed by atoms with van der Waals surface area (Å²) >= 11 is 0. The van der Waals surface area contributed by atoms with Crippen molar-refractivity contribution in [3.63, 3.8) is 0 Å². The first-order valence-corrected chi connectivity index (χ1v) is 14.0. The van der Waals surface area contributed by atoms with Gasteiger partial charge in [-0.15, -0.1) is 0 Å². The molecule has 1 saturated carbocycles. The second-order valence-electron chi connectivity index (χ2n) is 9.74. The minimum Gasteiger partial charge on any atom is -0.454 e. The summed E-state index contributed by atoms with van der Waals surface area (Å²) in [6.45, 7) is 4.40. The minimum atomic E-state index is -3.24. The predicted octanol–water partition coefficient (Wildman–Crippen LogP) is 5.31. The van der Waals surface area contributed by atoms with Gasteiger partial charge in [-0.25, -0.2) is 13.1 Å². The first kappa shape index (κ1) is 24.5. The summed E-state index contributed by atoms with van der Waals surface area (Å²) in [5, 5.41) is 0. The summed E-state index contributed by atoms with van der Waals surface area (Å²) in [6, 6.07) is 19.9. The van der Waals surface area contributed by atoms with Gasteiger partial charge in [0.25, 0.3) is 0 Å². The Balaban J connectivity index is 0.00000320. The van der Waals surface area contributed by atoms with Gasteiger partial charge in [0.05, 0.1) is 11.2 Å². The fourth-order valence-corrected chi connectivity index (χ4v) is 5.90. The molecule has 1 fully saturated rings. The van der Waals surface area contributed by atoms with Crippen molar-refractivity contribution in [1.82, 2.24) is 4.72 Å². The van der Waals surface area contributed by atoms with Crippen LogP contribution in [0, 0.1) is 6.92 Å². The number of benzene rings is 3. The molecule has 0 atom stereocenters. The number of rotatable bonds is 10. The van der Waals surface area contributed by atoms with E-state index in [0.29, 0.717) is 18.6 Å². The molecule has 1 N–H and O–H groups in total. The van der Waals surface area contributed by atoms with Crippen LogP contribution in [0.15, 0.2) is 60.7 Å². The monoisotopic (exact) mass is 507 g/mol. The molecule has 36 heavy (non-hydrogen) atoms. The standard InChI is InChI=1S/C29H31NO5S.H2/c1-3-14-36(32,33)30-18-21-6-8-23(9-7-21)25-15-22(5-4-20(25)2)16-28(31)29(12-13-29)24-10-11-26-27(17-24)35-19-34-26;/h4-11,15,17,30H,3,12-14,16,18-19H2,1-2H3;1H. The highest BCUT2D eigenvalue weighted by molar-refractivity contribution is 7.89. The zero-order valence-corrected chi connectivity index (χ0v) is 21.5. The van der Waals surface area contributed by atoms with E-state index >= 15 is 0 Å². The number of hydrogen-bond donors (Lipinski definition) is 1. The summed E-state index contributed by atoms with van der Waals surface area (Å²) in [5.41, 5.74) is 5.71. The van der Waals surface area contributed by atoms with E-state index in [4.69, 9.17) is 9.47 Å². The van der Waals surface area contributed by atoms with Crippen LogP contribution < -0.4 is 14.2 Å².